The van der Waals surface area contributed by atoms with E-state index >= 15 is 0 Å². The maximum absolute atomic E-state index is 9.37. The van der Waals surface area contributed by atoms with E-state index in [-0.39, 0.29) is 12.0 Å². The molecule has 1 aliphatic rings. The third-order valence-electron chi connectivity index (χ3n) is 5.29. The zero-order valence-corrected chi connectivity index (χ0v) is 17.1. The summed E-state index contributed by atoms with van der Waals surface area (Å²) in [7, 11) is 1.76. The van der Waals surface area contributed by atoms with Gasteiger partial charge in [-0.3, -0.25) is 4.99 Å². The Morgan fingerprint density at radius 2 is 1.97 bits per heavy atom. The molecule has 2 aromatic rings. The average molecular weight is 398 g/mol. The molecule has 3 rings (SSSR count). The molecule has 0 bridgehead atoms. The van der Waals surface area contributed by atoms with Crippen LogP contribution in [0.2, 0.25) is 0 Å². The van der Waals surface area contributed by atoms with Crippen molar-refractivity contribution in [2.75, 3.05) is 33.4 Å². The molecule has 3 N–H and O–H groups in total. The predicted molar refractivity (Wildman–Crippen MR) is 115 cm³/mol. The molecular weight excluding hydrogens is 366 g/mol. The highest BCUT2D eigenvalue weighted by molar-refractivity contribution is 5.79. The van der Waals surface area contributed by atoms with Crippen molar-refractivity contribution >= 4 is 5.96 Å². The quantitative estimate of drug-likeness (QED) is 0.448. The number of aliphatic hydroxyl groups excluding tert-OH is 1. The molecule has 156 valence electrons. The molecule has 0 amide bonds. The summed E-state index contributed by atoms with van der Waals surface area (Å²) in [6.07, 6.45) is 1.69. The molecule has 2 aromatic carbocycles. The number of ether oxygens (including phenoxy) is 2. The summed E-state index contributed by atoms with van der Waals surface area (Å²) < 4.78 is 11.5. The fourth-order valence-electron chi connectivity index (χ4n) is 3.48. The van der Waals surface area contributed by atoms with Gasteiger partial charge < -0.3 is 25.2 Å². The molecule has 1 atom stereocenters. The van der Waals surface area contributed by atoms with Crippen molar-refractivity contribution < 1.29 is 14.6 Å². The molecule has 1 aliphatic heterocycles. The van der Waals surface area contributed by atoms with Crippen LogP contribution < -0.4 is 15.4 Å². The second-order valence-corrected chi connectivity index (χ2v) is 7.48. The van der Waals surface area contributed by atoms with Crippen molar-refractivity contribution in [2.45, 2.75) is 26.0 Å². The first-order chi connectivity index (χ1) is 14.2. The van der Waals surface area contributed by atoms with Crippen molar-refractivity contribution in [2.24, 2.45) is 10.4 Å². The molecular formula is C23H31N3O3. The van der Waals surface area contributed by atoms with Crippen LogP contribution in [0.3, 0.4) is 0 Å². The summed E-state index contributed by atoms with van der Waals surface area (Å²) >= 11 is 0. The van der Waals surface area contributed by atoms with E-state index in [1.165, 1.54) is 0 Å². The van der Waals surface area contributed by atoms with E-state index in [1.54, 1.807) is 7.05 Å². The first-order valence-corrected chi connectivity index (χ1v) is 10.1. The van der Waals surface area contributed by atoms with Crippen molar-refractivity contribution in [1.82, 2.24) is 10.6 Å². The zero-order valence-electron chi connectivity index (χ0n) is 17.1. The first-order valence-electron chi connectivity index (χ1n) is 10.1. The number of benzene rings is 2. The molecule has 1 heterocycles. The van der Waals surface area contributed by atoms with Gasteiger partial charge in [-0.15, -0.1) is 0 Å². The highest BCUT2D eigenvalue weighted by Crippen LogP contribution is 2.31. The summed E-state index contributed by atoms with van der Waals surface area (Å²) in [6, 6.07) is 18.2. The molecule has 0 aromatic heterocycles. The smallest absolute Gasteiger partial charge is 0.191 e. The van der Waals surface area contributed by atoms with Crippen LogP contribution in [0, 0.1) is 5.41 Å². The summed E-state index contributed by atoms with van der Waals surface area (Å²) in [5.41, 5.74) is 2.25. The largest absolute Gasteiger partial charge is 0.489 e. The zero-order chi connectivity index (χ0) is 20.4. The van der Waals surface area contributed by atoms with Gasteiger partial charge in [-0.2, -0.15) is 0 Å². The van der Waals surface area contributed by atoms with Crippen LogP contribution >= 0.6 is 0 Å². The van der Waals surface area contributed by atoms with E-state index in [0.29, 0.717) is 19.8 Å². The average Bonchev–Trinajstić information content (AvgIpc) is 3.22. The second-order valence-electron chi connectivity index (χ2n) is 7.48. The van der Waals surface area contributed by atoms with Gasteiger partial charge >= 0.3 is 0 Å². The monoisotopic (exact) mass is 397 g/mol. The highest BCUT2D eigenvalue weighted by atomic mass is 16.5. The molecule has 6 heteroatoms. The van der Waals surface area contributed by atoms with Crippen LogP contribution in [-0.4, -0.2) is 44.5 Å². The van der Waals surface area contributed by atoms with Crippen LogP contribution in [0.1, 0.15) is 24.0 Å². The lowest BCUT2D eigenvalue weighted by Gasteiger charge is -2.27. The Morgan fingerprint density at radius 1 is 1.14 bits per heavy atom. The second kappa shape index (κ2) is 10.8. The third kappa shape index (κ3) is 6.48. The van der Waals surface area contributed by atoms with Crippen LogP contribution in [0.5, 0.6) is 5.75 Å². The number of guanidine groups is 1. The van der Waals surface area contributed by atoms with E-state index < -0.39 is 0 Å². The summed E-state index contributed by atoms with van der Waals surface area (Å²) in [5.74, 6) is 1.59. The Hall–Kier alpha value is -2.57. The van der Waals surface area contributed by atoms with Crippen molar-refractivity contribution in [3.63, 3.8) is 0 Å². The number of aliphatic imine (C=N–C) groups is 1. The highest BCUT2D eigenvalue weighted by Gasteiger charge is 2.34. The molecule has 0 spiro atoms. The lowest BCUT2D eigenvalue weighted by atomic mass is 9.84. The summed E-state index contributed by atoms with van der Waals surface area (Å²) in [4.78, 5) is 4.31. The fraction of sp³-hybridized carbons (Fsp3) is 0.435. The lowest BCUT2D eigenvalue weighted by Crippen LogP contribution is -2.44. The Labute approximate surface area is 173 Å². The Bertz CT molecular complexity index is 774. The van der Waals surface area contributed by atoms with Gasteiger partial charge in [0.25, 0.3) is 0 Å². The number of rotatable bonds is 9. The molecule has 1 fully saturated rings. The summed E-state index contributed by atoms with van der Waals surface area (Å²) in [6.45, 7) is 3.53. The summed E-state index contributed by atoms with van der Waals surface area (Å²) in [5, 5.41) is 16.1. The molecule has 29 heavy (non-hydrogen) atoms. The molecule has 0 saturated carbocycles. The number of hydrogen-bond donors (Lipinski definition) is 3. The number of nitrogens with one attached hydrogen (secondary N) is 2. The van der Waals surface area contributed by atoms with Crippen molar-refractivity contribution in [3.8, 4) is 5.75 Å². The minimum Gasteiger partial charge on any atom is -0.489 e. The number of nitrogens with zero attached hydrogens (tertiary/aromatic N) is 1. The van der Waals surface area contributed by atoms with E-state index in [9.17, 15) is 5.11 Å². The normalized spacial score (nSPS) is 19.2. The molecule has 0 aliphatic carbocycles. The first kappa shape index (κ1) is 21.1. The Balaban J connectivity index is 1.49. The molecule has 1 saturated heterocycles. The van der Waals surface area contributed by atoms with Crippen LogP contribution in [0.15, 0.2) is 59.6 Å². The number of hydrogen-bond acceptors (Lipinski definition) is 4. The molecule has 0 radical (unpaired) electrons. The van der Waals surface area contributed by atoms with E-state index in [1.807, 2.05) is 36.4 Å². The minimum absolute atomic E-state index is 0.0163. The molecule has 1 unspecified atom stereocenters. The minimum atomic E-state index is -0.0163. The van der Waals surface area contributed by atoms with Crippen molar-refractivity contribution in [3.05, 3.63) is 65.7 Å². The Kier molecular flexibility index (Phi) is 7.90. The lowest BCUT2D eigenvalue weighted by molar-refractivity contribution is 0.127. The standard InChI is InChI=1S/C23H31N3O3/c1-24-22(26-17-23(10-12-27)11-13-28-18-23)25-15-20-8-5-9-21(14-20)29-16-19-6-3-2-4-7-19/h2-9,14,27H,10-13,15-18H2,1H3,(H2,24,25,26). The van der Waals surface area contributed by atoms with Gasteiger partial charge in [-0.1, -0.05) is 42.5 Å². The maximum Gasteiger partial charge on any atom is 0.191 e. The van der Waals surface area contributed by atoms with Crippen LogP contribution in [-0.2, 0) is 17.9 Å². The van der Waals surface area contributed by atoms with Gasteiger partial charge in [0.05, 0.1) is 6.61 Å². The van der Waals surface area contributed by atoms with Gasteiger partial charge in [0.1, 0.15) is 12.4 Å². The van der Waals surface area contributed by atoms with E-state index in [2.05, 4.69) is 33.8 Å². The van der Waals surface area contributed by atoms with Gasteiger partial charge in [0.15, 0.2) is 5.96 Å². The fourth-order valence-corrected chi connectivity index (χ4v) is 3.48. The third-order valence-corrected chi connectivity index (χ3v) is 5.29. The Morgan fingerprint density at radius 3 is 2.69 bits per heavy atom. The van der Waals surface area contributed by atoms with E-state index in [4.69, 9.17) is 9.47 Å². The van der Waals surface area contributed by atoms with Gasteiger partial charge in [0.2, 0.25) is 0 Å². The van der Waals surface area contributed by atoms with Gasteiger partial charge in [0, 0.05) is 38.8 Å². The predicted octanol–water partition coefficient (Wildman–Crippen LogP) is 2.72. The topological polar surface area (TPSA) is 75.1 Å². The molecule has 6 nitrogen and oxygen atoms in total. The van der Waals surface area contributed by atoms with Gasteiger partial charge in [-0.25, -0.2) is 0 Å². The van der Waals surface area contributed by atoms with Crippen LogP contribution in [0.25, 0.3) is 0 Å². The van der Waals surface area contributed by atoms with Crippen molar-refractivity contribution in [1.29, 1.82) is 0 Å². The maximum atomic E-state index is 9.37. The SMILES string of the molecule is CN=C(NCc1cccc(OCc2ccccc2)c1)NCC1(CCO)CCOC1. The van der Waals surface area contributed by atoms with Gasteiger partial charge in [-0.05, 0) is 36.1 Å². The number of aliphatic hydroxyl groups is 1. The van der Waals surface area contributed by atoms with Crippen LogP contribution in [0.4, 0.5) is 0 Å². The van der Waals surface area contributed by atoms with E-state index in [0.717, 1.165) is 48.8 Å².